The van der Waals surface area contributed by atoms with Crippen molar-refractivity contribution in [2.45, 2.75) is 26.3 Å². The number of hydrogen-bond donors (Lipinski definition) is 1. The zero-order valence-electron chi connectivity index (χ0n) is 11.8. The molecule has 0 radical (unpaired) electrons. The van der Waals surface area contributed by atoms with Crippen molar-refractivity contribution in [3.05, 3.63) is 18.1 Å². The minimum Gasteiger partial charge on any atom is -0.388 e. The fourth-order valence-electron chi connectivity index (χ4n) is 2.32. The van der Waals surface area contributed by atoms with Crippen LogP contribution < -0.4 is 10.6 Å². The fourth-order valence-corrected chi connectivity index (χ4v) is 2.47. The largest absolute Gasteiger partial charge is 0.388 e. The Balaban J connectivity index is 2.12. The van der Waals surface area contributed by atoms with Crippen LogP contribution in [0.4, 0.5) is 5.82 Å². The lowest BCUT2D eigenvalue weighted by atomic mass is 10.0. The van der Waals surface area contributed by atoms with Crippen LogP contribution in [0.5, 0.6) is 0 Å². The van der Waals surface area contributed by atoms with Gasteiger partial charge in [-0.15, -0.1) is 0 Å². The maximum Gasteiger partial charge on any atom is 0.157 e. The summed E-state index contributed by atoms with van der Waals surface area (Å²) in [6.07, 6.45) is 3.32. The van der Waals surface area contributed by atoms with Gasteiger partial charge in [-0.3, -0.25) is 4.90 Å². The van der Waals surface area contributed by atoms with E-state index in [0.29, 0.717) is 10.7 Å². The molecule has 0 atom stereocenters. The molecule has 1 aromatic rings. The van der Waals surface area contributed by atoms with Crippen LogP contribution >= 0.6 is 12.2 Å². The summed E-state index contributed by atoms with van der Waals surface area (Å²) >= 11 is 5.04. The first-order valence-corrected chi connectivity index (χ1v) is 6.91. The van der Waals surface area contributed by atoms with Gasteiger partial charge in [-0.1, -0.05) is 12.2 Å². The average Bonchev–Trinajstić information content (AvgIpc) is 2.38. The van der Waals surface area contributed by atoms with Gasteiger partial charge in [0.2, 0.25) is 0 Å². The molecule has 0 spiro atoms. The number of piperazine rings is 1. The molecule has 1 aliphatic rings. The maximum absolute atomic E-state index is 5.71. The summed E-state index contributed by atoms with van der Waals surface area (Å²) < 4.78 is 0. The number of aromatic nitrogens is 2. The highest BCUT2D eigenvalue weighted by Gasteiger charge is 2.27. The van der Waals surface area contributed by atoms with E-state index < -0.39 is 0 Å². The molecule has 0 unspecified atom stereocenters. The molecule has 5 nitrogen and oxygen atoms in total. The quantitative estimate of drug-likeness (QED) is 0.816. The molecule has 0 amide bonds. The SMILES string of the molecule is CC(C)(C)N1CCN(c2nccnc2C(N)=S)CC1. The molecule has 1 fully saturated rings. The van der Waals surface area contributed by atoms with Crippen LogP contribution in [0, 0.1) is 0 Å². The van der Waals surface area contributed by atoms with Gasteiger partial charge in [0.25, 0.3) is 0 Å². The van der Waals surface area contributed by atoms with Gasteiger partial charge >= 0.3 is 0 Å². The third-order valence-electron chi connectivity index (χ3n) is 3.44. The van der Waals surface area contributed by atoms with Gasteiger partial charge < -0.3 is 10.6 Å². The number of rotatable bonds is 2. The van der Waals surface area contributed by atoms with E-state index in [-0.39, 0.29) is 5.54 Å². The van der Waals surface area contributed by atoms with E-state index in [9.17, 15) is 0 Å². The van der Waals surface area contributed by atoms with E-state index in [0.717, 1.165) is 32.0 Å². The van der Waals surface area contributed by atoms with Crippen molar-refractivity contribution in [1.29, 1.82) is 0 Å². The fraction of sp³-hybridized carbons (Fsp3) is 0.615. The Hall–Kier alpha value is -1.27. The molecule has 0 bridgehead atoms. The number of nitrogens with two attached hydrogens (primary N) is 1. The summed E-state index contributed by atoms with van der Waals surface area (Å²) in [6.45, 7) is 10.6. The van der Waals surface area contributed by atoms with E-state index in [4.69, 9.17) is 18.0 Å². The number of nitrogens with zero attached hydrogens (tertiary/aromatic N) is 4. The highest BCUT2D eigenvalue weighted by atomic mass is 32.1. The van der Waals surface area contributed by atoms with E-state index in [2.05, 4.69) is 40.5 Å². The second-order valence-corrected chi connectivity index (χ2v) is 6.18. The molecule has 2 rings (SSSR count). The molecule has 2 heterocycles. The van der Waals surface area contributed by atoms with Gasteiger partial charge in [0.05, 0.1) is 0 Å². The van der Waals surface area contributed by atoms with Crippen LogP contribution in [0.1, 0.15) is 26.5 Å². The zero-order valence-corrected chi connectivity index (χ0v) is 12.6. The molecule has 0 aliphatic carbocycles. The number of hydrogen-bond acceptors (Lipinski definition) is 5. The summed E-state index contributed by atoms with van der Waals surface area (Å²) in [5.74, 6) is 0.809. The van der Waals surface area contributed by atoms with E-state index in [1.165, 1.54) is 0 Å². The second kappa shape index (κ2) is 5.38. The molecule has 1 aliphatic heterocycles. The van der Waals surface area contributed by atoms with Crippen molar-refractivity contribution in [2.75, 3.05) is 31.1 Å². The predicted octanol–water partition coefficient (Wildman–Crippen LogP) is 1.03. The van der Waals surface area contributed by atoms with Crippen LogP contribution in [0.3, 0.4) is 0 Å². The van der Waals surface area contributed by atoms with E-state index in [1.807, 2.05) is 0 Å². The Morgan fingerprint density at radius 3 is 2.26 bits per heavy atom. The number of thiocarbonyl (C=S) groups is 1. The highest BCUT2D eigenvalue weighted by Crippen LogP contribution is 2.20. The Bertz CT molecular complexity index is 460. The standard InChI is InChI=1S/C13H21N5S/c1-13(2,3)18-8-6-17(7-9-18)12-10(11(14)19)15-4-5-16-12/h4-5H,6-9H2,1-3H3,(H2,14,19). The summed E-state index contributed by atoms with van der Waals surface area (Å²) in [6, 6.07) is 0. The Morgan fingerprint density at radius 1 is 1.16 bits per heavy atom. The Labute approximate surface area is 119 Å². The lowest BCUT2D eigenvalue weighted by Gasteiger charge is -2.42. The molecule has 2 N–H and O–H groups in total. The van der Waals surface area contributed by atoms with Crippen molar-refractivity contribution in [2.24, 2.45) is 5.73 Å². The molecule has 6 heteroatoms. The smallest absolute Gasteiger partial charge is 0.157 e. The van der Waals surface area contributed by atoms with Gasteiger partial charge in [-0.05, 0) is 20.8 Å². The molecule has 0 saturated carbocycles. The average molecular weight is 279 g/mol. The predicted molar refractivity (Wildman–Crippen MR) is 81.5 cm³/mol. The minimum absolute atomic E-state index is 0.209. The van der Waals surface area contributed by atoms with Crippen molar-refractivity contribution < 1.29 is 0 Å². The normalized spacial score (nSPS) is 17.5. The third kappa shape index (κ3) is 3.19. The maximum atomic E-state index is 5.71. The van der Waals surface area contributed by atoms with Crippen molar-refractivity contribution in [3.8, 4) is 0 Å². The van der Waals surface area contributed by atoms with Crippen LogP contribution in [0.2, 0.25) is 0 Å². The molecule has 1 saturated heterocycles. The first-order valence-electron chi connectivity index (χ1n) is 6.50. The van der Waals surface area contributed by atoms with Crippen LogP contribution in [-0.4, -0.2) is 51.6 Å². The van der Waals surface area contributed by atoms with Gasteiger partial charge in [0, 0.05) is 44.1 Å². The second-order valence-electron chi connectivity index (χ2n) is 5.74. The highest BCUT2D eigenvalue weighted by molar-refractivity contribution is 7.80. The third-order valence-corrected chi connectivity index (χ3v) is 3.63. The molecule has 19 heavy (non-hydrogen) atoms. The van der Waals surface area contributed by atoms with Gasteiger partial charge in [-0.2, -0.15) is 0 Å². The Morgan fingerprint density at radius 2 is 1.74 bits per heavy atom. The Kier molecular flexibility index (Phi) is 4.01. The summed E-state index contributed by atoms with van der Waals surface area (Å²) in [7, 11) is 0. The zero-order chi connectivity index (χ0) is 14.0. The van der Waals surface area contributed by atoms with Gasteiger partial charge in [-0.25, -0.2) is 9.97 Å². The van der Waals surface area contributed by atoms with E-state index in [1.54, 1.807) is 12.4 Å². The molecule has 1 aromatic heterocycles. The first kappa shape index (κ1) is 14.1. The van der Waals surface area contributed by atoms with Gasteiger partial charge in [0.1, 0.15) is 10.7 Å². The van der Waals surface area contributed by atoms with Crippen molar-refractivity contribution in [3.63, 3.8) is 0 Å². The summed E-state index contributed by atoms with van der Waals surface area (Å²) in [4.78, 5) is 13.6. The first-order chi connectivity index (χ1) is 8.89. The van der Waals surface area contributed by atoms with Crippen LogP contribution in [0.15, 0.2) is 12.4 Å². The monoisotopic (exact) mass is 279 g/mol. The topological polar surface area (TPSA) is 58.3 Å². The lowest BCUT2D eigenvalue weighted by molar-refractivity contribution is 0.128. The minimum atomic E-state index is 0.209. The van der Waals surface area contributed by atoms with Crippen LogP contribution in [0.25, 0.3) is 0 Å². The van der Waals surface area contributed by atoms with Gasteiger partial charge in [0.15, 0.2) is 5.82 Å². The van der Waals surface area contributed by atoms with Crippen molar-refractivity contribution in [1.82, 2.24) is 14.9 Å². The molecular formula is C13H21N5S. The van der Waals surface area contributed by atoms with Crippen molar-refractivity contribution >= 4 is 23.0 Å². The molecular weight excluding hydrogens is 258 g/mol. The number of anilines is 1. The lowest BCUT2D eigenvalue weighted by Crippen LogP contribution is -2.54. The van der Waals surface area contributed by atoms with Crippen LogP contribution in [-0.2, 0) is 0 Å². The van der Waals surface area contributed by atoms with E-state index >= 15 is 0 Å². The summed E-state index contributed by atoms with van der Waals surface area (Å²) in [5, 5.41) is 0. The molecule has 0 aromatic carbocycles. The summed E-state index contributed by atoms with van der Waals surface area (Å²) in [5.41, 5.74) is 6.55. The molecule has 104 valence electrons.